The van der Waals surface area contributed by atoms with Gasteiger partial charge in [0, 0.05) is 31.0 Å². The number of fused-ring (bicyclic) bond motifs is 1. The molecule has 0 unspecified atom stereocenters. The average Bonchev–Trinajstić information content (AvgIpc) is 3.26. The Bertz CT molecular complexity index is 835. The van der Waals surface area contributed by atoms with Gasteiger partial charge in [-0.25, -0.2) is 0 Å². The molecular formula is C17H19N5O3S. The molecule has 1 fully saturated rings. The third-order valence-electron chi connectivity index (χ3n) is 4.59. The molecule has 26 heavy (non-hydrogen) atoms. The van der Waals surface area contributed by atoms with Crippen molar-refractivity contribution in [1.82, 2.24) is 14.8 Å². The second-order valence-electron chi connectivity index (χ2n) is 6.25. The van der Waals surface area contributed by atoms with E-state index < -0.39 is 5.92 Å². The summed E-state index contributed by atoms with van der Waals surface area (Å²) >= 11 is 1.64. The van der Waals surface area contributed by atoms with Gasteiger partial charge in [-0.05, 0) is 30.7 Å². The van der Waals surface area contributed by atoms with E-state index >= 15 is 0 Å². The van der Waals surface area contributed by atoms with Crippen molar-refractivity contribution in [1.29, 1.82) is 0 Å². The van der Waals surface area contributed by atoms with Crippen molar-refractivity contribution in [2.75, 3.05) is 29.6 Å². The number of methoxy groups -OCH3 is 1. The van der Waals surface area contributed by atoms with Gasteiger partial charge in [-0.1, -0.05) is 11.8 Å². The lowest BCUT2D eigenvalue weighted by Gasteiger charge is -2.17. The maximum absolute atomic E-state index is 12.6. The second kappa shape index (κ2) is 6.99. The molecule has 0 radical (unpaired) electrons. The van der Waals surface area contributed by atoms with Gasteiger partial charge >= 0.3 is 0 Å². The molecule has 0 spiro atoms. The standard InChI is InChI=1S/C17H19N5O3S/c1-25-13-5-3-12(4-6-13)22-10-11(9-14(22)23)15(24)18-16-19-20-17-21(16)7-2-8-26-17/h3-6,11H,2,7-10H2,1H3,(H,18,19,24)/t11-/m1/s1. The second-order valence-corrected chi connectivity index (χ2v) is 7.31. The molecule has 8 nitrogen and oxygen atoms in total. The van der Waals surface area contributed by atoms with E-state index in [0.717, 1.165) is 35.3 Å². The molecule has 1 aromatic carbocycles. The zero-order chi connectivity index (χ0) is 18.1. The van der Waals surface area contributed by atoms with Crippen LogP contribution in [0.25, 0.3) is 0 Å². The van der Waals surface area contributed by atoms with E-state index in [9.17, 15) is 9.59 Å². The molecule has 3 heterocycles. The highest BCUT2D eigenvalue weighted by Gasteiger charge is 2.35. The lowest BCUT2D eigenvalue weighted by atomic mass is 10.1. The third kappa shape index (κ3) is 3.14. The Morgan fingerprint density at radius 2 is 2.12 bits per heavy atom. The molecule has 0 saturated carbocycles. The number of benzene rings is 1. The van der Waals surface area contributed by atoms with Gasteiger partial charge in [0.05, 0.1) is 13.0 Å². The van der Waals surface area contributed by atoms with E-state index in [0.29, 0.717) is 12.5 Å². The van der Waals surface area contributed by atoms with E-state index in [2.05, 4.69) is 15.5 Å². The summed E-state index contributed by atoms with van der Waals surface area (Å²) in [6, 6.07) is 7.25. The number of hydrogen-bond acceptors (Lipinski definition) is 6. The molecule has 2 aromatic rings. The monoisotopic (exact) mass is 373 g/mol. The summed E-state index contributed by atoms with van der Waals surface area (Å²) in [7, 11) is 1.60. The van der Waals surface area contributed by atoms with Crippen molar-refractivity contribution in [2.24, 2.45) is 5.92 Å². The molecule has 1 saturated heterocycles. The van der Waals surface area contributed by atoms with Gasteiger partial charge in [0.25, 0.3) is 0 Å². The molecule has 4 rings (SSSR count). The van der Waals surface area contributed by atoms with Crippen molar-refractivity contribution in [3.05, 3.63) is 24.3 Å². The summed E-state index contributed by atoms with van der Waals surface area (Å²) in [5.74, 6) is 1.54. The van der Waals surface area contributed by atoms with Crippen LogP contribution in [0.2, 0.25) is 0 Å². The highest BCUT2D eigenvalue weighted by Crippen LogP contribution is 2.29. The van der Waals surface area contributed by atoms with Crippen LogP contribution in [0.1, 0.15) is 12.8 Å². The molecule has 2 amide bonds. The largest absolute Gasteiger partial charge is 0.497 e. The van der Waals surface area contributed by atoms with Gasteiger partial charge in [0.15, 0.2) is 5.16 Å². The highest BCUT2D eigenvalue weighted by molar-refractivity contribution is 7.99. The third-order valence-corrected chi connectivity index (χ3v) is 5.64. The summed E-state index contributed by atoms with van der Waals surface area (Å²) in [5.41, 5.74) is 0.766. The summed E-state index contributed by atoms with van der Waals surface area (Å²) in [6.07, 6.45) is 1.21. The smallest absolute Gasteiger partial charge is 0.232 e. The summed E-state index contributed by atoms with van der Waals surface area (Å²) in [5, 5.41) is 11.8. The first kappa shape index (κ1) is 16.9. The molecule has 0 aliphatic carbocycles. The van der Waals surface area contributed by atoms with Gasteiger partial charge in [-0.15, -0.1) is 10.2 Å². The number of nitrogens with one attached hydrogen (secondary N) is 1. The van der Waals surface area contributed by atoms with Gasteiger partial charge in [-0.2, -0.15) is 0 Å². The van der Waals surface area contributed by atoms with Gasteiger partial charge in [-0.3, -0.25) is 19.5 Å². The number of carbonyl (C=O) groups is 2. The van der Waals surface area contributed by atoms with E-state index in [1.807, 2.05) is 16.7 Å². The van der Waals surface area contributed by atoms with Crippen LogP contribution in [-0.2, 0) is 16.1 Å². The lowest BCUT2D eigenvalue weighted by Crippen LogP contribution is -2.29. The summed E-state index contributed by atoms with van der Waals surface area (Å²) < 4.78 is 7.06. The number of ether oxygens (including phenoxy) is 1. The number of rotatable bonds is 4. The van der Waals surface area contributed by atoms with E-state index in [1.54, 1.807) is 35.9 Å². The van der Waals surface area contributed by atoms with Crippen molar-refractivity contribution < 1.29 is 14.3 Å². The first-order valence-corrected chi connectivity index (χ1v) is 9.45. The predicted molar refractivity (Wildman–Crippen MR) is 97.4 cm³/mol. The number of aromatic nitrogens is 3. The molecule has 1 N–H and O–H groups in total. The normalized spacial score (nSPS) is 19.3. The van der Waals surface area contributed by atoms with Crippen LogP contribution in [0.5, 0.6) is 5.75 Å². The fraction of sp³-hybridized carbons (Fsp3) is 0.412. The van der Waals surface area contributed by atoms with Crippen LogP contribution < -0.4 is 15.0 Å². The first-order chi connectivity index (χ1) is 12.7. The van der Waals surface area contributed by atoms with Crippen molar-refractivity contribution in [3.63, 3.8) is 0 Å². The number of thioether (sulfide) groups is 1. The minimum atomic E-state index is -0.409. The van der Waals surface area contributed by atoms with Crippen molar-refractivity contribution >= 4 is 35.2 Å². The Kier molecular flexibility index (Phi) is 4.54. The zero-order valence-corrected chi connectivity index (χ0v) is 15.2. The quantitative estimate of drug-likeness (QED) is 0.879. The molecule has 2 aliphatic heterocycles. The Balaban J connectivity index is 1.44. The summed E-state index contributed by atoms with van der Waals surface area (Å²) in [6.45, 7) is 1.15. The molecule has 0 bridgehead atoms. The minimum absolute atomic E-state index is 0.0610. The SMILES string of the molecule is COc1ccc(N2C[C@H](C(=O)Nc3nnc4n3CCCS4)CC2=O)cc1. The molecule has 1 aromatic heterocycles. The number of hydrogen-bond donors (Lipinski definition) is 1. The summed E-state index contributed by atoms with van der Waals surface area (Å²) in [4.78, 5) is 26.6. The Morgan fingerprint density at radius 1 is 1.31 bits per heavy atom. The Labute approximate surface area is 154 Å². The van der Waals surface area contributed by atoms with Crippen LogP contribution in [0.15, 0.2) is 29.4 Å². The molecule has 1 atom stereocenters. The maximum atomic E-state index is 12.6. The molecule has 136 valence electrons. The Morgan fingerprint density at radius 3 is 2.88 bits per heavy atom. The lowest BCUT2D eigenvalue weighted by molar-refractivity contribution is -0.122. The minimum Gasteiger partial charge on any atom is -0.497 e. The number of carbonyl (C=O) groups excluding carboxylic acids is 2. The van der Waals surface area contributed by atoms with E-state index in [4.69, 9.17) is 4.74 Å². The molecular weight excluding hydrogens is 354 g/mol. The molecule has 2 aliphatic rings. The zero-order valence-electron chi connectivity index (χ0n) is 14.3. The number of amides is 2. The first-order valence-electron chi connectivity index (χ1n) is 8.47. The van der Waals surface area contributed by atoms with Crippen LogP contribution in [-0.4, -0.2) is 46.0 Å². The van der Waals surface area contributed by atoms with Gasteiger partial charge < -0.3 is 9.64 Å². The van der Waals surface area contributed by atoms with Gasteiger partial charge in [0.2, 0.25) is 17.8 Å². The topological polar surface area (TPSA) is 89.3 Å². The number of nitrogens with zero attached hydrogens (tertiary/aromatic N) is 4. The van der Waals surface area contributed by atoms with Crippen molar-refractivity contribution in [2.45, 2.75) is 24.5 Å². The van der Waals surface area contributed by atoms with E-state index in [1.165, 1.54) is 0 Å². The highest BCUT2D eigenvalue weighted by atomic mass is 32.2. The predicted octanol–water partition coefficient (Wildman–Crippen LogP) is 1.77. The van der Waals surface area contributed by atoms with Crippen LogP contribution in [0.4, 0.5) is 11.6 Å². The van der Waals surface area contributed by atoms with Crippen LogP contribution >= 0.6 is 11.8 Å². The maximum Gasteiger partial charge on any atom is 0.232 e. The van der Waals surface area contributed by atoms with Gasteiger partial charge in [0.1, 0.15) is 5.75 Å². The average molecular weight is 373 g/mol. The van der Waals surface area contributed by atoms with Crippen LogP contribution in [0.3, 0.4) is 0 Å². The Hall–Kier alpha value is -2.55. The van der Waals surface area contributed by atoms with Crippen molar-refractivity contribution in [3.8, 4) is 5.75 Å². The fourth-order valence-corrected chi connectivity index (χ4v) is 4.07. The van der Waals surface area contributed by atoms with E-state index in [-0.39, 0.29) is 18.2 Å². The fourth-order valence-electron chi connectivity index (χ4n) is 3.18. The number of anilines is 2. The molecule has 9 heteroatoms. The van der Waals surface area contributed by atoms with Crippen LogP contribution in [0, 0.1) is 5.92 Å².